The Hall–Kier alpha value is -3.18. The number of hydrogen-bond donors (Lipinski definition) is 2. The molecule has 0 saturated carbocycles. The molecule has 6 nitrogen and oxygen atoms in total. The summed E-state index contributed by atoms with van der Waals surface area (Å²) in [4.78, 5) is 2.22. The minimum absolute atomic E-state index is 0.00942. The lowest BCUT2D eigenvalue weighted by atomic mass is 9.58. The molecule has 1 aromatic carbocycles. The first-order chi connectivity index (χ1) is 14.3. The molecule has 0 bridgehead atoms. The van der Waals surface area contributed by atoms with Crippen LogP contribution in [0.2, 0.25) is 0 Å². The smallest absolute Gasteiger partial charge is 0.191 e. The fraction of sp³-hybridized carbons (Fsp3) is 0.435. The van der Waals surface area contributed by atoms with E-state index in [2.05, 4.69) is 37.0 Å². The van der Waals surface area contributed by atoms with Crippen LogP contribution in [0.1, 0.15) is 32.3 Å². The predicted molar refractivity (Wildman–Crippen MR) is 111 cm³/mol. The molecular weight excluding hydrogens is 381 g/mol. The molecule has 2 aliphatic rings. The summed E-state index contributed by atoms with van der Waals surface area (Å²) < 4.78 is 13.5. The fourth-order valence-corrected chi connectivity index (χ4v) is 4.17. The van der Waals surface area contributed by atoms with Gasteiger partial charge in [0.25, 0.3) is 0 Å². The van der Waals surface area contributed by atoms with Gasteiger partial charge in [-0.25, -0.2) is 4.39 Å². The molecule has 3 rings (SSSR count). The molecule has 0 spiro atoms. The Morgan fingerprint density at radius 1 is 1.23 bits per heavy atom. The monoisotopic (exact) mass is 407 g/mol. The minimum Gasteiger partial charge on any atom is -0.399 e. The Kier molecular flexibility index (Phi) is 7.35. The van der Waals surface area contributed by atoms with E-state index in [1.165, 1.54) is 12.1 Å². The molecule has 1 aliphatic heterocycles. The van der Waals surface area contributed by atoms with Gasteiger partial charge >= 0.3 is 0 Å². The molecular formula is C23H26FN5O. The van der Waals surface area contributed by atoms with Crippen LogP contribution in [0.3, 0.4) is 0 Å². The summed E-state index contributed by atoms with van der Waals surface area (Å²) in [7, 11) is 0. The van der Waals surface area contributed by atoms with Crippen LogP contribution in [0.4, 0.5) is 4.39 Å². The van der Waals surface area contributed by atoms with Gasteiger partial charge in [-0.05, 0) is 44.0 Å². The molecule has 2 atom stereocenters. The highest BCUT2D eigenvalue weighted by Gasteiger charge is 2.54. The lowest BCUT2D eigenvalue weighted by Crippen LogP contribution is -2.49. The van der Waals surface area contributed by atoms with E-state index in [-0.39, 0.29) is 29.8 Å². The summed E-state index contributed by atoms with van der Waals surface area (Å²) in [5, 5.41) is 37.2. The maximum absolute atomic E-state index is 13.5. The first-order valence-corrected chi connectivity index (χ1v) is 9.84. The highest BCUT2D eigenvalue weighted by Crippen LogP contribution is 2.54. The number of aliphatic hydroxyl groups is 1. The van der Waals surface area contributed by atoms with Crippen molar-refractivity contribution in [1.82, 2.24) is 4.90 Å². The maximum atomic E-state index is 13.5. The van der Waals surface area contributed by atoms with E-state index in [0.29, 0.717) is 18.7 Å². The van der Waals surface area contributed by atoms with Crippen molar-refractivity contribution in [1.29, 1.82) is 15.8 Å². The number of fused-ring (bicyclic) bond motifs is 1. The molecule has 3 N–H and O–H groups in total. The summed E-state index contributed by atoms with van der Waals surface area (Å²) in [6.45, 7) is 7.34. The van der Waals surface area contributed by atoms with E-state index >= 15 is 0 Å². The van der Waals surface area contributed by atoms with E-state index in [1.54, 1.807) is 19.1 Å². The van der Waals surface area contributed by atoms with Gasteiger partial charge in [0.2, 0.25) is 0 Å². The summed E-state index contributed by atoms with van der Waals surface area (Å²) in [6, 6.07) is 12.4. The van der Waals surface area contributed by atoms with Crippen molar-refractivity contribution in [3.63, 3.8) is 0 Å². The molecule has 0 aromatic heterocycles. The Morgan fingerprint density at radius 3 is 2.27 bits per heavy atom. The van der Waals surface area contributed by atoms with Crippen LogP contribution in [0.25, 0.3) is 0 Å². The lowest BCUT2D eigenvalue weighted by Gasteiger charge is -2.46. The van der Waals surface area contributed by atoms with Gasteiger partial charge in [-0.15, -0.1) is 0 Å². The molecule has 1 aliphatic carbocycles. The topological polar surface area (TPSA) is 121 Å². The van der Waals surface area contributed by atoms with E-state index in [9.17, 15) is 20.2 Å². The van der Waals surface area contributed by atoms with Crippen LogP contribution in [0.5, 0.6) is 0 Å². The summed E-state index contributed by atoms with van der Waals surface area (Å²) in [5.41, 5.74) is 6.22. The number of hydrogen-bond acceptors (Lipinski definition) is 6. The first kappa shape index (κ1) is 23.1. The molecule has 0 radical (unpaired) electrons. The highest BCUT2D eigenvalue weighted by atomic mass is 19.1. The molecule has 1 unspecified atom stereocenters. The van der Waals surface area contributed by atoms with Gasteiger partial charge in [-0.1, -0.05) is 18.2 Å². The van der Waals surface area contributed by atoms with E-state index in [1.807, 2.05) is 6.08 Å². The van der Waals surface area contributed by atoms with Gasteiger partial charge in [0.1, 0.15) is 11.9 Å². The van der Waals surface area contributed by atoms with Crippen molar-refractivity contribution in [2.75, 3.05) is 19.7 Å². The number of aliphatic hydroxyl groups excluding tert-OH is 1. The fourth-order valence-electron chi connectivity index (χ4n) is 4.17. The van der Waals surface area contributed by atoms with Crippen molar-refractivity contribution >= 4 is 0 Å². The number of benzene rings is 1. The quantitative estimate of drug-likeness (QED) is 0.777. The van der Waals surface area contributed by atoms with Gasteiger partial charge in [0.05, 0.1) is 23.4 Å². The Bertz CT molecular complexity index is 945. The predicted octanol–water partition coefficient (Wildman–Crippen LogP) is 2.96. The van der Waals surface area contributed by atoms with Gasteiger partial charge in [-0.2, -0.15) is 15.8 Å². The third-order valence-electron chi connectivity index (χ3n) is 5.65. The molecule has 156 valence electrons. The number of nitrogens with zero attached hydrogens (tertiary/aromatic N) is 4. The Balaban J connectivity index is 0.00000101. The maximum Gasteiger partial charge on any atom is 0.191 e. The average molecular weight is 407 g/mol. The number of halogens is 1. The van der Waals surface area contributed by atoms with Gasteiger partial charge in [0, 0.05) is 37.6 Å². The second-order valence-corrected chi connectivity index (χ2v) is 7.59. The van der Waals surface area contributed by atoms with Crippen molar-refractivity contribution in [3.8, 4) is 18.2 Å². The largest absolute Gasteiger partial charge is 0.399 e. The van der Waals surface area contributed by atoms with Gasteiger partial charge in [-0.3, -0.25) is 4.90 Å². The molecule has 0 amide bonds. The van der Waals surface area contributed by atoms with E-state index in [4.69, 9.17) is 10.8 Å². The molecule has 0 fully saturated rings. The Morgan fingerprint density at radius 2 is 1.80 bits per heavy atom. The third kappa shape index (κ3) is 3.94. The van der Waals surface area contributed by atoms with Gasteiger partial charge < -0.3 is 10.8 Å². The summed E-state index contributed by atoms with van der Waals surface area (Å²) >= 11 is 0. The molecule has 7 heteroatoms. The van der Waals surface area contributed by atoms with Crippen LogP contribution in [-0.2, 0) is 0 Å². The van der Waals surface area contributed by atoms with Crippen molar-refractivity contribution in [3.05, 3.63) is 58.6 Å². The standard InChI is InChI=1S/C21H20FN5.C2H6O/c1-13(2)27-8-7-16-17(9-23)20(26)21(11-24,12-25)19(18(16)10-27)14-3-5-15(22)6-4-14;1-2-3/h3-7,13,18-19H,8,10,26H2,1-2H3;3H,2H2,1H3/t18-,19?;/m0./s1. The molecule has 30 heavy (non-hydrogen) atoms. The number of nitriles is 3. The van der Waals surface area contributed by atoms with Crippen LogP contribution in [0, 0.1) is 51.1 Å². The molecule has 1 heterocycles. The lowest BCUT2D eigenvalue weighted by molar-refractivity contribution is 0.174. The zero-order valence-corrected chi connectivity index (χ0v) is 17.4. The molecule has 1 aromatic rings. The number of allylic oxidation sites excluding steroid dienone is 2. The first-order valence-electron chi connectivity index (χ1n) is 9.84. The average Bonchev–Trinajstić information content (AvgIpc) is 2.74. The normalized spacial score (nSPS) is 22.6. The van der Waals surface area contributed by atoms with Crippen LogP contribution < -0.4 is 5.73 Å². The summed E-state index contributed by atoms with van der Waals surface area (Å²) in [5.74, 6) is -1.23. The second-order valence-electron chi connectivity index (χ2n) is 7.59. The summed E-state index contributed by atoms with van der Waals surface area (Å²) in [6.07, 6.45) is 1.97. The van der Waals surface area contributed by atoms with Crippen LogP contribution in [0.15, 0.2) is 47.2 Å². The Labute approximate surface area is 176 Å². The van der Waals surface area contributed by atoms with E-state index in [0.717, 1.165) is 5.57 Å². The second kappa shape index (κ2) is 9.55. The van der Waals surface area contributed by atoms with Crippen LogP contribution in [-0.4, -0.2) is 35.7 Å². The third-order valence-corrected chi connectivity index (χ3v) is 5.65. The van der Waals surface area contributed by atoms with E-state index < -0.39 is 17.2 Å². The number of rotatable bonds is 2. The SMILES string of the molecule is CC(C)N1CC=C2C(C#N)=C(N)C(C#N)(C#N)C(c3ccc(F)cc3)[C@H]2C1.CCO. The van der Waals surface area contributed by atoms with Crippen molar-refractivity contribution in [2.24, 2.45) is 17.1 Å². The van der Waals surface area contributed by atoms with Crippen LogP contribution >= 0.6 is 0 Å². The number of nitrogens with two attached hydrogens (primary N) is 1. The minimum atomic E-state index is -1.68. The molecule has 0 saturated heterocycles. The zero-order valence-electron chi connectivity index (χ0n) is 17.4. The van der Waals surface area contributed by atoms with Crippen molar-refractivity contribution < 1.29 is 9.50 Å². The van der Waals surface area contributed by atoms with Gasteiger partial charge in [0.15, 0.2) is 5.41 Å². The highest BCUT2D eigenvalue weighted by molar-refractivity contribution is 5.59. The zero-order chi connectivity index (χ0) is 22.5. The van der Waals surface area contributed by atoms with Crippen molar-refractivity contribution in [2.45, 2.75) is 32.7 Å².